The lowest BCUT2D eigenvalue weighted by atomic mass is 9.97. The molecule has 1 N–H and O–H groups in total. The first kappa shape index (κ1) is 19.7. The Labute approximate surface area is 155 Å². The maximum Gasteiger partial charge on any atom is 0.339 e. The summed E-state index contributed by atoms with van der Waals surface area (Å²) in [6, 6.07) is 13.2. The number of ether oxygens (including phenoxy) is 1. The van der Waals surface area contributed by atoms with Crippen LogP contribution in [0.1, 0.15) is 60.2 Å². The summed E-state index contributed by atoms with van der Waals surface area (Å²) < 4.78 is 5.38. The van der Waals surface area contributed by atoms with Gasteiger partial charge in [0.15, 0.2) is 6.10 Å². The van der Waals surface area contributed by atoms with Crippen molar-refractivity contribution in [3.8, 4) is 0 Å². The van der Waals surface area contributed by atoms with Crippen molar-refractivity contribution in [2.45, 2.75) is 53.1 Å². The van der Waals surface area contributed by atoms with Gasteiger partial charge in [0.1, 0.15) is 0 Å². The third-order valence-electron chi connectivity index (χ3n) is 4.84. The van der Waals surface area contributed by atoms with Crippen molar-refractivity contribution in [2.24, 2.45) is 0 Å². The minimum Gasteiger partial charge on any atom is -0.449 e. The summed E-state index contributed by atoms with van der Waals surface area (Å²) >= 11 is 0. The van der Waals surface area contributed by atoms with Crippen molar-refractivity contribution in [3.05, 3.63) is 64.7 Å². The Hall–Kier alpha value is -2.62. The van der Waals surface area contributed by atoms with Gasteiger partial charge in [-0.05, 0) is 61.9 Å². The van der Waals surface area contributed by atoms with Gasteiger partial charge in [0.05, 0.1) is 5.56 Å². The molecule has 1 amide bonds. The lowest BCUT2D eigenvalue weighted by Crippen LogP contribution is -2.30. The van der Waals surface area contributed by atoms with Crippen LogP contribution in [0.25, 0.3) is 0 Å². The van der Waals surface area contributed by atoms with Crippen molar-refractivity contribution in [1.82, 2.24) is 0 Å². The molecule has 0 unspecified atom stereocenters. The zero-order valence-corrected chi connectivity index (χ0v) is 16.1. The fraction of sp³-hybridized carbons (Fsp3) is 0.364. The van der Waals surface area contributed by atoms with Crippen LogP contribution in [0.5, 0.6) is 0 Å². The van der Waals surface area contributed by atoms with E-state index in [-0.39, 0.29) is 5.91 Å². The van der Waals surface area contributed by atoms with E-state index >= 15 is 0 Å². The van der Waals surface area contributed by atoms with E-state index in [1.54, 1.807) is 13.0 Å². The molecule has 0 bridgehead atoms. The van der Waals surface area contributed by atoms with Crippen LogP contribution < -0.4 is 5.32 Å². The minimum atomic E-state index is -0.882. The molecule has 0 heterocycles. The highest BCUT2D eigenvalue weighted by atomic mass is 16.5. The second-order valence-electron chi connectivity index (χ2n) is 6.68. The van der Waals surface area contributed by atoms with Crippen molar-refractivity contribution in [1.29, 1.82) is 0 Å². The highest BCUT2D eigenvalue weighted by Gasteiger charge is 2.21. The van der Waals surface area contributed by atoms with E-state index in [4.69, 9.17) is 4.74 Å². The van der Waals surface area contributed by atoms with E-state index in [1.165, 1.54) is 0 Å². The predicted molar refractivity (Wildman–Crippen MR) is 105 cm³/mol. The molecule has 0 fully saturated rings. The largest absolute Gasteiger partial charge is 0.449 e. The normalized spacial score (nSPS) is 13.0. The molecule has 4 heteroatoms. The van der Waals surface area contributed by atoms with Crippen LogP contribution in [0.2, 0.25) is 0 Å². The van der Waals surface area contributed by atoms with Crippen molar-refractivity contribution in [3.63, 3.8) is 0 Å². The van der Waals surface area contributed by atoms with Gasteiger partial charge < -0.3 is 10.1 Å². The molecule has 2 aromatic rings. The molecule has 2 rings (SSSR count). The van der Waals surface area contributed by atoms with Gasteiger partial charge in [-0.1, -0.05) is 44.2 Å². The third-order valence-corrected chi connectivity index (χ3v) is 4.84. The predicted octanol–water partition coefficient (Wildman–Crippen LogP) is 5.00. The van der Waals surface area contributed by atoms with Crippen LogP contribution in [-0.2, 0) is 9.53 Å². The molecule has 0 radical (unpaired) electrons. The topological polar surface area (TPSA) is 55.4 Å². The third kappa shape index (κ3) is 4.51. The van der Waals surface area contributed by atoms with Crippen LogP contribution in [0.15, 0.2) is 42.5 Å². The first-order valence-electron chi connectivity index (χ1n) is 9.02. The number of benzene rings is 2. The molecule has 0 aliphatic heterocycles. The lowest BCUT2D eigenvalue weighted by molar-refractivity contribution is -0.123. The standard InChI is InChI=1S/C22H27NO3/c1-6-14(2)18-11-7-8-13-20(18)23-21(24)17(5)26-22(25)19-12-9-10-15(3)16(19)4/h7-14,17H,6H2,1-5H3,(H,23,24)/t14-,17+/m0/s1. The van der Waals surface area contributed by atoms with E-state index in [2.05, 4.69) is 19.2 Å². The van der Waals surface area contributed by atoms with Gasteiger partial charge in [0, 0.05) is 5.69 Å². The number of anilines is 1. The van der Waals surface area contributed by atoms with Crippen LogP contribution in [0, 0.1) is 13.8 Å². The van der Waals surface area contributed by atoms with Gasteiger partial charge in [0.2, 0.25) is 0 Å². The van der Waals surface area contributed by atoms with Crippen molar-refractivity contribution < 1.29 is 14.3 Å². The fourth-order valence-corrected chi connectivity index (χ4v) is 2.74. The number of carbonyl (C=O) groups is 2. The van der Waals surface area contributed by atoms with Gasteiger partial charge in [-0.15, -0.1) is 0 Å². The van der Waals surface area contributed by atoms with E-state index < -0.39 is 12.1 Å². The molecule has 2 aromatic carbocycles. The summed E-state index contributed by atoms with van der Waals surface area (Å²) in [5, 5.41) is 2.89. The molecule has 0 aromatic heterocycles. The Kier molecular flexibility index (Phi) is 6.56. The van der Waals surface area contributed by atoms with E-state index in [1.807, 2.05) is 50.2 Å². The number of esters is 1. The number of nitrogens with one attached hydrogen (secondary N) is 1. The Balaban J connectivity index is 2.09. The SMILES string of the molecule is CC[C@H](C)c1ccccc1NC(=O)[C@@H](C)OC(=O)c1cccc(C)c1C. The van der Waals surface area contributed by atoms with E-state index in [9.17, 15) is 9.59 Å². The van der Waals surface area contributed by atoms with Crippen LogP contribution in [0.4, 0.5) is 5.69 Å². The summed E-state index contributed by atoms with van der Waals surface area (Å²) in [5.41, 5.74) is 4.22. The molecule has 0 spiro atoms. The summed E-state index contributed by atoms with van der Waals surface area (Å²) in [7, 11) is 0. The average molecular weight is 353 g/mol. The molecule has 0 saturated heterocycles. The Morgan fingerprint density at radius 2 is 1.73 bits per heavy atom. The van der Waals surface area contributed by atoms with Gasteiger partial charge in [-0.3, -0.25) is 4.79 Å². The van der Waals surface area contributed by atoms with Crippen LogP contribution in [-0.4, -0.2) is 18.0 Å². The molecule has 2 atom stereocenters. The van der Waals surface area contributed by atoms with Gasteiger partial charge in [-0.25, -0.2) is 4.79 Å². The first-order valence-corrected chi connectivity index (χ1v) is 9.02. The molecular weight excluding hydrogens is 326 g/mol. The summed E-state index contributed by atoms with van der Waals surface area (Å²) in [4.78, 5) is 24.9. The first-order chi connectivity index (χ1) is 12.3. The zero-order chi connectivity index (χ0) is 19.3. The zero-order valence-electron chi connectivity index (χ0n) is 16.1. The number of amides is 1. The minimum absolute atomic E-state index is 0.333. The summed E-state index contributed by atoms with van der Waals surface area (Å²) in [6.07, 6.45) is 0.0942. The Morgan fingerprint density at radius 3 is 2.42 bits per heavy atom. The van der Waals surface area contributed by atoms with Crippen molar-refractivity contribution >= 4 is 17.6 Å². The van der Waals surface area contributed by atoms with Gasteiger partial charge >= 0.3 is 5.97 Å². The Morgan fingerprint density at radius 1 is 1.04 bits per heavy atom. The molecular formula is C22H27NO3. The second kappa shape index (κ2) is 8.65. The maximum absolute atomic E-state index is 12.5. The monoisotopic (exact) mass is 353 g/mol. The molecule has 138 valence electrons. The van der Waals surface area contributed by atoms with Gasteiger partial charge in [-0.2, -0.15) is 0 Å². The van der Waals surface area contributed by atoms with E-state index in [0.29, 0.717) is 11.5 Å². The lowest BCUT2D eigenvalue weighted by Gasteiger charge is -2.18. The fourth-order valence-electron chi connectivity index (χ4n) is 2.74. The van der Waals surface area contributed by atoms with Crippen LogP contribution >= 0.6 is 0 Å². The average Bonchev–Trinajstić information content (AvgIpc) is 2.63. The molecule has 0 saturated carbocycles. The number of rotatable bonds is 6. The summed E-state index contributed by atoms with van der Waals surface area (Å²) in [5.74, 6) is -0.484. The highest BCUT2D eigenvalue weighted by Crippen LogP contribution is 2.26. The molecule has 26 heavy (non-hydrogen) atoms. The molecule has 0 aliphatic carbocycles. The number of carbonyl (C=O) groups excluding carboxylic acids is 2. The van der Waals surface area contributed by atoms with E-state index in [0.717, 1.165) is 28.8 Å². The summed E-state index contributed by atoms with van der Waals surface area (Å²) in [6.45, 7) is 9.63. The maximum atomic E-state index is 12.5. The van der Waals surface area contributed by atoms with Gasteiger partial charge in [0.25, 0.3) is 5.91 Å². The quantitative estimate of drug-likeness (QED) is 0.744. The number of hydrogen-bond acceptors (Lipinski definition) is 3. The smallest absolute Gasteiger partial charge is 0.339 e. The Bertz CT molecular complexity index is 798. The molecule has 0 aliphatic rings. The number of hydrogen-bond donors (Lipinski definition) is 1. The number of aryl methyl sites for hydroxylation is 1. The molecule has 4 nitrogen and oxygen atoms in total. The van der Waals surface area contributed by atoms with Crippen molar-refractivity contribution in [2.75, 3.05) is 5.32 Å². The highest BCUT2D eigenvalue weighted by molar-refractivity contribution is 5.98. The second-order valence-corrected chi connectivity index (χ2v) is 6.68. The number of para-hydroxylation sites is 1. The van der Waals surface area contributed by atoms with Crippen LogP contribution in [0.3, 0.4) is 0 Å².